The van der Waals surface area contributed by atoms with Crippen LogP contribution in [0.25, 0.3) is 0 Å². The minimum atomic E-state index is -0.624. The Morgan fingerprint density at radius 2 is 1.58 bits per heavy atom. The van der Waals surface area contributed by atoms with E-state index in [1.54, 1.807) is 19.1 Å². The molecule has 0 aliphatic rings. The van der Waals surface area contributed by atoms with Crippen LogP contribution < -0.4 is 16.1 Å². The van der Waals surface area contributed by atoms with Crippen molar-refractivity contribution in [2.45, 2.75) is 13.3 Å². The maximum Gasteiger partial charge on any atom is 0.275 e. The highest BCUT2D eigenvalue weighted by molar-refractivity contribution is 6.31. The molecule has 7 nitrogen and oxygen atoms in total. The lowest BCUT2D eigenvalue weighted by molar-refractivity contribution is -0.115. The monoisotopic (exact) mass is 436 g/mol. The average molecular weight is 437 g/mol. The number of para-hydroxylation sites is 1. The highest BCUT2D eigenvalue weighted by Gasteiger charge is 2.12. The summed E-state index contributed by atoms with van der Waals surface area (Å²) in [5.74, 6) is -1.11. The number of hydrogen-bond donors (Lipinski definition) is 4. The van der Waals surface area contributed by atoms with Crippen LogP contribution in [0.2, 0.25) is 5.02 Å². The van der Waals surface area contributed by atoms with E-state index in [-0.39, 0.29) is 23.6 Å². The zero-order valence-corrected chi connectivity index (χ0v) is 17.5. The Morgan fingerprint density at radius 3 is 2.29 bits per heavy atom. The third kappa shape index (κ3) is 6.58. The van der Waals surface area contributed by atoms with Crippen molar-refractivity contribution < 1.29 is 14.7 Å². The molecule has 3 aromatic rings. The Morgan fingerprint density at radius 1 is 0.935 bits per heavy atom. The smallest absolute Gasteiger partial charge is 0.275 e. The lowest BCUT2D eigenvalue weighted by atomic mass is 10.2. The van der Waals surface area contributed by atoms with Crippen LogP contribution >= 0.6 is 11.6 Å². The molecule has 0 aliphatic heterocycles. The molecule has 0 aromatic heterocycles. The van der Waals surface area contributed by atoms with Crippen LogP contribution in [-0.2, 0) is 4.79 Å². The number of nitrogens with one attached hydrogen (secondary N) is 3. The number of carbonyl (C=O) groups excluding carboxylic acids is 2. The molecule has 8 heteroatoms. The molecular weight excluding hydrogens is 416 g/mol. The number of hydrogen-bond acceptors (Lipinski definition) is 5. The van der Waals surface area contributed by atoms with Gasteiger partial charge in [0.15, 0.2) is 0 Å². The van der Waals surface area contributed by atoms with E-state index in [0.29, 0.717) is 16.4 Å². The van der Waals surface area contributed by atoms with Gasteiger partial charge in [0, 0.05) is 27.8 Å². The van der Waals surface area contributed by atoms with Gasteiger partial charge in [-0.15, -0.1) is 0 Å². The summed E-state index contributed by atoms with van der Waals surface area (Å²) in [6, 6.07) is 21.2. The molecule has 0 saturated heterocycles. The van der Waals surface area contributed by atoms with E-state index < -0.39 is 5.91 Å². The zero-order valence-electron chi connectivity index (χ0n) is 16.7. The first-order valence-electron chi connectivity index (χ1n) is 9.45. The Bertz CT molecular complexity index is 1100. The van der Waals surface area contributed by atoms with Crippen molar-refractivity contribution in [2.75, 3.05) is 10.6 Å². The summed E-state index contributed by atoms with van der Waals surface area (Å²) in [6.45, 7) is 1.62. The molecule has 4 N–H and O–H groups in total. The lowest BCUT2D eigenvalue weighted by Crippen LogP contribution is -2.21. The fourth-order valence-corrected chi connectivity index (χ4v) is 2.87. The molecule has 0 radical (unpaired) electrons. The summed E-state index contributed by atoms with van der Waals surface area (Å²) in [6.07, 6.45) is -0.00811. The number of hydrazone groups is 1. The lowest BCUT2D eigenvalue weighted by Gasteiger charge is -2.09. The van der Waals surface area contributed by atoms with Crippen molar-refractivity contribution in [1.82, 2.24) is 5.43 Å². The molecule has 158 valence electrons. The van der Waals surface area contributed by atoms with Gasteiger partial charge in [0.05, 0.1) is 12.0 Å². The molecule has 0 unspecified atom stereocenters. The highest BCUT2D eigenvalue weighted by atomic mass is 35.5. The Kier molecular flexibility index (Phi) is 7.24. The van der Waals surface area contributed by atoms with E-state index in [9.17, 15) is 14.7 Å². The van der Waals surface area contributed by atoms with Crippen LogP contribution in [0.4, 0.5) is 17.1 Å². The minimum Gasteiger partial charge on any atom is -0.507 e. The predicted octanol–water partition coefficient (Wildman–Crippen LogP) is 4.92. The molecule has 3 aromatic carbocycles. The second-order valence-electron chi connectivity index (χ2n) is 6.74. The fourth-order valence-electron chi connectivity index (χ4n) is 2.70. The summed E-state index contributed by atoms with van der Waals surface area (Å²) >= 11 is 5.84. The number of rotatable bonds is 7. The minimum absolute atomic E-state index is 0.00213. The quantitative estimate of drug-likeness (QED) is 0.311. The number of anilines is 3. The number of phenolic OH excluding ortho intramolecular Hbond substituents is 1. The van der Waals surface area contributed by atoms with Gasteiger partial charge in [0.2, 0.25) is 5.91 Å². The summed E-state index contributed by atoms with van der Waals surface area (Å²) in [5, 5.41) is 20.0. The second-order valence-corrected chi connectivity index (χ2v) is 7.18. The van der Waals surface area contributed by atoms with Crippen LogP contribution in [0.1, 0.15) is 23.7 Å². The van der Waals surface area contributed by atoms with Gasteiger partial charge in [0.25, 0.3) is 5.91 Å². The van der Waals surface area contributed by atoms with Crippen molar-refractivity contribution >= 4 is 46.2 Å². The van der Waals surface area contributed by atoms with Crippen LogP contribution in [0.15, 0.2) is 77.9 Å². The number of carbonyl (C=O) groups is 2. The highest BCUT2D eigenvalue weighted by Crippen LogP contribution is 2.21. The first kappa shape index (κ1) is 21.9. The molecule has 0 atom stereocenters. The Labute approximate surface area is 184 Å². The maximum atomic E-state index is 12.2. The van der Waals surface area contributed by atoms with Crippen LogP contribution in [-0.4, -0.2) is 22.6 Å². The van der Waals surface area contributed by atoms with E-state index in [1.807, 2.05) is 42.5 Å². The predicted molar refractivity (Wildman–Crippen MR) is 123 cm³/mol. The standard InChI is InChI=1S/C23H21ClN4O3/c1-15(27-28-23(31)20-14-16(24)7-12-21(20)29)13-22(30)26-19-10-8-18(9-11-19)25-17-5-3-2-4-6-17/h2-12,14,25,29H,13H2,1H3,(H,26,30)(H,28,31). The molecule has 0 aliphatic carbocycles. The van der Waals surface area contributed by atoms with Crippen molar-refractivity contribution in [2.24, 2.45) is 5.10 Å². The first-order valence-corrected chi connectivity index (χ1v) is 9.82. The van der Waals surface area contributed by atoms with E-state index in [4.69, 9.17) is 11.6 Å². The number of benzene rings is 3. The number of amides is 2. The maximum absolute atomic E-state index is 12.2. The van der Waals surface area contributed by atoms with E-state index in [2.05, 4.69) is 21.2 Å². The second kappa shape index (κ2) is 10.3. The van der Waals surface area contributed by atoms with Gasteiger partial charge < -0.3 is 15.7 Å². The number of nitrogens with zero attached hydrogens (tertiary/aromatic N) is 1. The molecule has 2 amide bonds. The Hall–Kier alpha value is -3.84. The normalized spacial score (nSPS) is 11.0. The van der Waals surface area contributed by atoms with Gasteiger partial charge >= 0.3 is 0 Å². The van der Waals surface area contributed by atoms with Crippen LogP contribution in [0.5, 0.6) is 5.75 Å². The summed E-state index contributed by atoms with van der Waals surface area (Å²) in [4.78, 5) is 24.4. The van der Waals surface area contributed by atoms with Crippen molar-refractivity contribution in [1.29, 1.82) is 0 Å². The average Bonchev–Trinajstić information content (AvgIpc) is 2.76. The number of halogens is 1. The summed E-state index contributed by atoms with van der Waals surface area (Å²) in [5.41, 5.74) is 5.22. The van der Waals surface area contributed by atoms with Crippen LogP contribution in [0.3, 0.4) is 0 Å². The Balaban J connectivity index is 1.51. The van der Waals surface area contributed by atoms with Crippen LogP contribution in [0, 0.1) is 0 Å². The van der Waals surface area contributed by atoms with E-state index in [1.165, 1.54) is 18.2 Å². The number of aromatic hydroxyl groups is 1. The zero-order chi connectivity index (χ0) is 22.2. The topological polar surface area (TPSA) is 103 Å². The molecule has 0 bridgehead atoms. The van der Waals surface area contributed by atoms with Crippen molar-refractivity contribution in [3.63, 3.8) is 0 Å². The van der Waals surface area contributed by atoms with Gasteiger partial charge in [-0.1, -0.05) is 29.8 Å². The fraction of sp³-hybridized carbons (Fsp3) is 0.0870. The van der Waals surface area contributed by atoms with Gasteiger partial charge in [-0.05, 0) is 61.5 Å². The molecule has 0 fully saturated rings. The van der Waals surface area contributed by atoms with Gasteiger partial charge in [0.1, 0.15) is 5.75 Å². The van der Waals surface area contributed by atoms with E-state index in [0.717, 1.165) is 11.4 Å². The third-order valence-electron chi connectivity index (χ3n) is 4.20. The molecule has 0 spiro atoms. The largest absolute Gasteiger partial charge is 0.507 e. The van der Waals surface area contributed by atoms with Gasteiger partial charge in [-0.25, -0.2) is 5.43 Å². The molecule has 0 heterocycles. The van der Waals surface area contributed by atoms with Gasteiger partial charge in [-0.2, -0.15) is 5.10 Å². The van der Waals surface area contributed by atoms with Crippen molar-refractivity contribution in [3.8, 4) is 5.75 Å². The van der Waals surface area contributed by atoms with Crippen molar-refractivity contribution in [3.05, 3.63) is 83.4 Å². The first-order chi connectivity index (χ1) is 14.9. The third-order valence-corrected chi connectivity index (χ3v) is 4.43. The molecule has 0 saturated carbocycles. The van der Waals surface area contributed by atoms with Gasteiger partial charge in [-0.3, -0.25) is 9.59 Å². The summed E-state index contributed by atoms with van der Waals surface area (Å²) < 4.78 is 0. The molecule has 31 heavy (non-hydrogen) atoms. The summed E-state index contributed by atoms with van der Waals surface area (Å²) in [7, 11) is 0. The molecule has 3 rings (SSSR count). The number of phenols is 1. The molecular formula is C23H21ClN4O3. The SMILES string of the molecule is CC(CC(=O)Nc1ccc(Nc2ccccc2)cc1)=NNC(=O)c1cc(Cl)ccc1O. The van der Waals surface area contributed by atoms with E-state index >= 15 is 0 Å².